The number of pyridine rings is 1. The zero-order valence-electron chi connectivity index (χ0n) is 15.9. The highest BCUT2D eigenvalue weighted by Crippen LogP contribution is 2.28. The van der Waals surface area contributed by atoms with Gasteiger partial charge < -0.3 is 10.6 Å². The predicted molar refractivity (Wildman–Crippen MR) is 108 cm³/mol. The van der Waals surface area contributed by atoms with Gasteiger partial charge in [-0.25, -0.2) is 24.9 Å². The van der Waals surface area contributed by atoms with Crippen LogP contribution in [0.4, 0.5) is 17.5 Å². The van der Waals surface area contributed by atoms with Gasteiger partial charge >= 0.3 is 0 Å². The number of likely N-dealkylation sites (tertiary alicyclic amines) is 1. The van der Waals surface area contributed by atoms with E-state index in [1.165, 1.54) is 11.9 Å². The van der Waals surface area contributed by atoms with Crippen LogP contribution < -0.4 is 10.6 Å². The number of anilines is 3. The van der Waals surface area contributed by atoms with E-state index in [0.717, 1.165) is 49.7 Å². The average Bonchev–Trinajstić information content (AvgIpc) is 2.75. The van der Waals surface area contributed by atoms with Gasteiger partial charge in [-0.3, -0.25) is 4.90 Å². The van der Waals surface area contributed by atoms with E-state index in [1.54, 1.807) is 12.4 Å². The van der Waals surface area contributed by atoms with Crippen molar-refractivity contribution in [3.63, 3.8) is 0 Å². The maximum absolute atomic E-state index is 4.74. The number of nitrogens with one attached hydrogen (secondary N) is 2. The number of hydrogen-bond acceptors (Lipinski definition) is 8. The molecule has 1 aliphatic rings. The summed E-state index contributed by atoms with van der Waals surface area (Å²) in [4.78, 5) is 24.0. The zero-order chi connectivity index (χ0) is 19.2. The summed E-state index contributed by atoms with van der Waals surface area (Å²) < 4.78 is 0. The average molecular weight is 376 g/mol. The Morgan fingerprint density at radius 1 is 1.14 bits per heavy atom. The molecule has 144 valence electrons. The minimum atomic E-state index is 0.388. The number of piperidine rings is 1. The maximum atomic E-state index is 4.74. The third-order valence-electron chi connectivity index (χ3n) is 4.94. The van der Waals surface area contributed by atoms with Gasteiger partial charge in [0.2, 0.25) is 5.95 Å². The Hall–Kier alpha value is -3.13. The van der Waals surface area contributed by atoms with Crippen LogP contribution in [0.15, 0.2) is 49.3 Å². The summed E-state index contributed by atoms with van der Waals surface area (Å²) >= 11 is 0. The second-order valence-electron chi connectivity index (χ2n) is 6.89. The van der Waals surface area contributed by atoms with Crippen molar-refractivity contribution >= 4 is 17.5 Å². The molecule has 1 fully saturated rings. The molecule has 1 aliphatic heterocycles. The molecule has 28 heavy (non-hydrogen) atoms. The van der Waals surface area contributed by atoms with Crippen LogP contribution in [0.2, 0.25) is 0 Å². The van der Waals surface area contributed by atoms with Crippen molar-refractivity contribution in [1.29, 1.82) is 0 Å². The lowest BCUT2D eigenvalue weighted by atomic mass is 9.94. The Balaban J connectivity index is 1.45. The van der Waals surface area contributed by atoms with Crippen molar-refractivity contribution in [3.8, 4) is 0 Å². The summed E-state index contributed by atoms with van der Waals surface area (Å²) in [6.45, 7) is 2.95. The summed E-state index contributed by atoms with van der Waals surface area (Å²) in [7, 11) is 1.91. The fourth-order valence-electron chi connectivity index (χ4n) is 3.63. The molecule has 2 N–H and O–H groups in total. The van der Waals surface area contributed by atoms with Crippen LogP contribution in [0, 0.1) is 0 Å². The van der Waals surface area contributed by atoms with Gasteiger partial charge in [0, 0.05) is 44.0 Å². The van der Waals surface area contributed by atoms with E-state index < -0.39 is 0 Å². The molecule has 0 aliphatic carbocycles. The fraction of sp³-hybridized carbons (Fsp3) is 0.350. The second kappa shape index (κ2) is 8.71. The molecule has 0 aromatic carbocycles. The minimum absolute atomic E-state index is 0.388. The van der Waals surface area contributed by atoms with Gasteiger partial charge in [0.15, 0.2) is 0 Å². The van der Waals surface area contributed by atoms with Gasteiger partial charge in [-0.05, 0) is 31.5 Å². The highest BCUT2D eigenvalue weighted by Gasteiger charge is 2.23. The largest absolute Gasteiger partial charge is 0.373 e. The van der Waals surface area contributed by atoms with E-state index in [9.17, 15) is 0 Å². The normalized spacial score (nSPS) is 17.2. The van der Waals surface area contributed by atoms with E-state index in [2.05, 4.69) is 41.5 Å². The molecular weight excluding hydrogens is 352 g/mol. The van der Waals surface area contributed by atoms with Crippen LogP contribution in [-0.4, -0.2) is 50.0 Å². The molecule has 0 spiro atoms. The van der Waals surface area contributed by atoms with E-state index in [4.69, 9.17) is 4.98 Å². The summed E-state index contributed by atoms with van der Waals surface area (Å²) in [6.07, 6.45) is 10.8. The lowest BCUT2D eigenvalue weighted by Gasteiger charge is -2.32. The minimum Gasteiger partial charge on any atom is -0.373 e. The van der Waals surface area contributed by atoms with Crippen molar-refractivity contribution in [2.45, 2.75) is 25.3 Å². The predicted octanol–water partition coefficient (Wildman–Crippen LogP) is 2.83. The first-order valence-electron chi connectivity index (χ1n) is 9.51. The number of nitrogens with zero attached hydrogens (tertiary/aromatic N) is 6. The third kappa shape index (κ3) is 4.40. The van der Waals surface area contributed by atoms with E-state index >= 15 is 0 Å². The Morgan fingerprint density at radius 3 is 2.89 bits per heavy atom. The standard InChI is InChI=1S/C20H24N8/c1-21-19-16(4-2-7-24-19)13-28-9-3-5-15(12-28)18-6-8-25-20(27-18)26-17-10-22-14-23-11-17/h2,4,6-8,10-11,14-15H,3,5,9,12-13H2,1H3,(H,21,24)(H,25,26,27). The van der Waals surface area contributed by atoms with Crippen molar-refractivity contribution in [2.24, 2.45) is 0 Å². The summed E-state index contributed by atoms with van der Waals surface area (Å²) in [5, 5.41) is 6.35. The van der Waals surface area contributed by atoms with Crippen molar-refractivity contribution < 1.29 is 0 Å². The van der Waals surface area contributed by atoms with Gasteiger partial charge in [-0.2, -0.15) is 0 Å². The Kier molecular flexibility index (Phi) is 5.67. The SMILES string of the molecule is CNc1ncccc1CN1CCCC(c2ccnc(Nc3cncnc3)n2)C1. The monoisotopic (exact) mass is 376 g/mol. The highest BCUT2D eigenvalue weighted by atomic mass is 15.1. The van der Waals surface area contributed by atoms with E-state index in [0.29, 0.717) is 11.9 Å². The first-order valence-corrected chi connectivity index (χ1v) is 9.51. The van der Waals surface area contributed by atoms with Gasteiger partial charge in [0.25, 0.3) is 0 Å². The van der Waals surface area contributed by atoms with Gasteiger partial charge in [-0.1, -0.05) is 6.07 Å². The Bertz CT molecular complexity index is 901. The molecule has 1 unspecified atom stereocenters. The lowest BCUT2D eigenvalue weighted by molar-refractivity contribution is 0.198. The van der Waals surface area contributed by atoms with E-state index in [-0.39, 0.29) is 0 Å². The van der Waals surface area contributed by atoms with Crippen molar-refractivity contribution in [3.05, 3.63) is 60.6 Å². The number of rotatable bonds is 6. The molecule has 0 radical (unpaired) electrons. The van der Waals surface area contributed by atoms with Crippen LogP contribution in [-0.2, 0) is 6.54 Å². The molecule has 3 aromatic heterocycles. The molecule has 0 amide bonds. The quantitative estimate of drug-likeness (QED) is 0.679. The maximum Gasteiger partial charge on any atom is 0.227 e. The molecule has 3 aromatic rings. The smallest absolute Gasteiger partial charge is 0.227 e. The van der Waals surface area contributed by atoms with Crippen molar-refractivity contribution in [2.75, 3.05) is 30.8 Å². The Labute approximate surface area is 164 Å². The lowest BCUT2D eigenvalue weighted by Crippen LogP contribution is -2.34. The molecule has 8 heteroatoms. The molecule has 8 nitrogen and oxygen atoms in total. The molecule has 1 saturated heterocycles. The van der Waals surface area contributed by atoms with Crippen LogP contribution in [0.3, 0.4) is 0 Å². The Morgan fingerprint density at radius 2 is 2.04 bits per heavy atom. The van der Waals surface area contributed by atoms with Crippen LogP contribution in [0.25, 0.3) is 0 Å². The molecule has 0 saturated carbocycles. The summed E-state index contributed by atoms with van der Waals surface area (Å²) in [6, 6.07) is 6.15. The molecule has 0 bridgehead atoms. The molecular formula is C20H24N8. The van der Waals surface area contributed by atoms with Crippen LogP contribution in [0.5, 0.6) is 0 Å². The van der Waals surface area contributed by atoms with E-state index in [1.807, 2.05) is 31.6 Å². The van der Waals surface area contributed by atoms with Gasteiger partial charge in [0.05, 0.1) is 23.8 Å². The zero-order valence-corrected chi connectivity index (χ0v) is 15.9. The first-order chi connectivity index (χ1) is 13.8. The number of hydrogen-bond donors (Lipinski definition) is 2. The first kappa shape index (κ1) is 18.2. The van der Waals surface area contributed by atoms with Gasteiger partial charge in [0.1, 0.15) is 12.1 Å². The third-order valence-corrected chi connectivity index (χ3v) is 4.94. The number of aromatic nitrogens is 5. The highest BCUT2D eigenvalue weighted by molar-refractivity contribution is 5.49. The summed E-state index contributed by atoms with van der Waals surface area (Å²) in [5.74, 6) is 1.91. The fourth-order valence-corrected chi connectivity index (χ4v) is 3.63. The molecule has 1 atom stereocenters. The second-order valence-corrected chi connectivity index (χ2v) is 6.89. The van der Waals surface area contributed by atoms with Crippen LogP contribution >= 0.6 is 0 Å². The van der Waals surface area contributed by atoms with Crippen molar-refractivity contribution in [1.82, 2.24) is 29.8 Å². The molecule has 4 heterocycles. The summed E-state index contributed by atoms with van der Waals surface area (Å²) in [5.41, 5.74) is 3.07. The molecule has 4 rings (SSSR count). The van der Waals surface area contributed by atoms with Gasteiger partial charge in [-0.15, -0.1) is 0 Å². The van der Waals surface area contributed by atoms with Crippen LogP contribution in [0.1, 0.15) is 30.0 Å². The topological polar surface area (TPSA) is 91.8 Å².